The largest absolute Gasteiger partial charge is 0.462 e. The predicted molar refractivity (Wildman–Crippen MR) is 56.5 cm³/mol. The fraction of sp³-hybridized carbons (Fsp3) is 0.364. The normalized spacial score (nSPS) is 9.06. The lowest BCUT2D eigenvalue weighted by Gasteiger charge is -1.95. The van der Waals surface area contributed by atoms with Gasteiger partial charge in [-0.15, -0.1) is 0 Å². The van der Waals surface area contributed by atoms with Gasteiger partial charge in [0.1, 0.15) is 13.2 Å². The van der Waals surface area contributed by atoms with Gasteiger partial charge >= 0.3 is 17.9 Å². The second-order valence-electron chi connectivity index (χ2n) is 2.61. The Kier molecular flexibility index (Phi) is 7.76. The van der Waals surface area contributed by atoms with E-state index in [-0.39, 0.29) is 13.2 Å². The average molecular weight is 240 g/mol. The van der Waals surface area contributed by atoms with Crippen molar-refractivity contribution in [3.8, 4) is 11.8 Å². The Bertz CT molecular complexity index is 371. The van der Waals surface area contributed by atoms with Crippen LogP contribution in [0.1, 0.15) is 6.92 Å². The van der Waals surface area contributed by atoms with Crippen LogP contribution < -0.4 is 0 Å². The maximum Gasteiger partial charge on any atom is 0.385 e. The van der Waals surface area contributed by atoms with Gasteiger partial charge in [-0.05, 0) is 12.2 Å². The monoisotopic (exact) mass is 240 g/mol. The minimum atomic E-state index is -0.840. The van der Waals surface area contributed by atoms with E-state index in [1.165, 1.54) is 19.1 Å². The fourth-order valence-corrected chi connectivity index (χ4v) is 0.615. The van der Waals surface area contributed by atoms with Gasteiger partial charge in [0.05, 0.1) is 7.11 Å². The third-order valence-electron chi connectivity index (χ3n) is 1.31. The van der Waals surface area contributed by atoms with Gasteiger partial charge in [0, 0.05) is 18.8 Å². The van der Waals surface area contributed by atoms with E-state index in [1.54, 1.807) is 0 Å². The molecule has 0 aromatic rings. The molecule has 0 spiro atoms. The minimum Gasteiger partial charge on any atom is -0.462 e. The van der Waals surface area contributed by atoms with Crippen LogP contribution in [-0.4, -0.2) is 38.2 Å². The summed E-state index contributed by atoms with van der Waals surface area (Å²) in [4.78, 5) is 31.8. The lowest BCUT2D eigenvalue weighted by Crippen LogP contribution is -2.03. The summed E-state index contributed by atoms with van der Waals surface area (Å²) in [5.74, 6) is 1.81. The number of rotatable bonds is 4. The smallest absolute Gasteiger partial charge is 0.385 e. The molecule has 0 radical (unpaired) electrons. The number of hydrogen-bond acceptors (Lipinski definition) is 6. The molecule has 0 amide bonds. The first-order chi connectivity index (χ1) is 8.06. The summed E-state index contributed by atoms with van der Waals surface area (Å²) in [6.45, 7) is 1.38. The van der Waals surface area contributed by atoms with Crippen LogP contribution in [0.5, 0.6) is 0 Å². The highest BCUT2D eigenvalue weighted by Gasteiger charge is 1.96. The molecule has 0 heterocycles. The van der Waals surface area contributed by atoms with E-state index in [0.717, 1.165) is 7.11 Å². The molecule has 0 aromatic heterocycles. The fourth-order valence-electron chi connectivity index (χ4n) is 0.615. The van der Waals surface area contributed by atoms with Gasteiger partial charge in [0.15, 0.2) is 0 Å². The Labute approximate surface area is 98.5 Å². The van der Waals surface area contributed by atoms with Gasteiger partial charge in [-0.3, -0.25) is 4.79 Å². The van der Waals surface area contributed by atoms with Gasteiger partial charge in [0.25, 0.3) is 0 Å². The first kappa shape index (κ1) is 14.7. The van der Waals surface area contributed by atoms with Gasteiger partial charge in [-0.2, -0.15) is 0 Å². The number of carbonyl (C=O) groups excluding carboxylic acids is 3. The standard InChI is InChI=1S/C11H12O6/c1-9(12)16-7-3-4-8-17-11(14)6-5-10(13)15-2/h3-4H,7-8H2,1-2H3/b4-3-. The van der Waals surface area contributed by atoms with Crippen molar-refractivity contribution in [2.45, 2.75) is 6.92 Å². The molecule has 0 atom stereocenters. The number of methoxy groups -OCH3 is 1. The molecule has 92 valence electrons. The summed E-state index contributed by atoms with van der Waals surface area (Å²) in [7, 11) is 1.15. The Morgan fingerprint density at radius 3 is 2.06 bits per heavy atom. The van der Waals surface area contributed by atoms with Gasteiger partial charge < -0.3 is 14.2 Å². The molecule has 0 aliphatic carbocycles. The SMILES string of the molecule is COC(=O)C#CC(=O)OC/C=C\COC(C)=O. The summed E-state index contributed by atoms with van der Waals surface area (Å²) < 4.78 is 13.4. The van der Waals surface area contributed by atoms with E-state index >= 15 is 0 Å². The van der Waals surface area contributed by atoms with Crippen LogP contribution in [0.15, 0.2) is 12.2 Å². The van der Waals surface area contributed by atoms with Crippen molar-refractivity contribution in [1.29, 1.82) is 0 Å². The quantitative estimate of drug-likeness (QED) is 0.223. The molecule has 0 bridgehead atoms. The summed E-state index contributed by atoms with van der Waals surface area (Å²) in [5.41, 5.74) is 0. The molecule has 0 aromatic carbocycles. The lowest BCUT2D eigenvalue weighted by atomic mass is 10.5. The zero-order valence-electron chi connectivity index (χ0n) is 9.52. The van der Waals surface area contributed by atoms with E-state index in [9.17, 15) is 14.4 Å². The molecular weight excluding hydrogens is 228 g/mol. The molecule has 0 unspecified atom stereocenters. The van der Waals surface area contributed by atoms with Crippen LogP contribution in [0.25, 0.3) is 0 Å². The number of ether oxygens (including phenoxy) is 3. The van der Waals surface area contributed by atoms with E-state index in [4.69, 9.17) is 0 Å². The van der Waals surface area contributed by atoms with Gasteiger partial charge in [0.2, 0.25) is 0 Å². The highest BCUT2D eigenvalue weighted by Crippen LogP contribution is 1.82. The van der Waals surface area contributed by atoms with E-state index in [0.29, 0.717) is 0 Å². The molecule has 0 saturated heterocycles. The topological polar surface area (TPSA) is 78.9 Å². The highest BCUT2D eigenvalue weighted by atomic mass is 16.5. The van der Waals surface area contributed by atoms with E-state index < -0.39 is 17.9 Å². The van der Waals surface area contributed by atoms with Gasteiger partial charge in [-0.1, -0.05) is 0 Å². The molecule has 6 nitrogen and oxygen atoms in total. The molecule has 0 N–H and O–H groups in total. The van der Waals surface area contributed by atoms with Crippen LogP contribution in [0.2, 0.25) is 0 Å². The first-order valence-electron chi connectivity index (χ1n) is 4.61. The number of esters is 3. The number of carbonyl (C=O) groups is 3. The summed E-state index contributed by atoms with van der Waals surface area (Å²) in [6.07, 6.45) is 3.00. The molecule has 0 fully saturated rings. The maximum absolute atomic E-state index is 10.9. The van der Waals surface area contributed by atoms with Crippen molar-refractivity contribution in [1.82, 2.24) is 0 Å². The highest BCUT2D eigenvalue weighted by molar-refractivity contribution is 5.98. The molecular formula is C11H12O6. The lowest BCUT2D eigenvalue weighted by molar-refractivity contribution is -0.140. The molecule has 6 heteroatoms. The second-order valence-corrected chi connectivity index (χ2v) is 2.61. The van der Waals surface area contributed by atoms with Crippen LogP contribution in [-0.2, 0) is 28.6 Å². The van der Waals surface area contributed by atoms with Crippen LogP contribution in [0, 0.1) is 11.8 Å². The molecule has 0 aliphatic heterocycles. The van der Waals surface area contributed by atoms with Crippen molar-refractivity contribution in [3.63, 3.8) is 0 Å². The zero-order chi connectivity index (χ0) is 13.1. The third-order valence-corrected chi connectivity index (χ3v) is 1.31. The summed E-state index contributed by atoms with van der Waals surface area (Å²) in [6, 6.07) is 0. The van der Waals surface area contributed by atoms with E-state index in [1.807, 2.05) is 11.8 Å². The predicted octanol–water partition coefficient (Wildman–Crippen LogP) is -0.175. The van der Waals surface area contributed by atoms with Crippen molar-refractivity contribution in [2.75, 3.05) is 20.3 Å². The Hall–Kier alpha value is -2.29. The first-order valence-corrected chi connectivity index (χ1v) is 4.61. The molecule has 17 heavy (non-hydrogen) atoms. The van der Waals surface area contributed by atoms with Crippen LogP contribution in [0.4, 0.5) is 0 Å². The van der Waals surface area contributed by atoms with Crippen molar-refractivity contribution < 1.29 is 28.6 Å². The Morgan fingerprint density at radius 2 is 1.53 bits per heavy atom. The van der Waals surface area contributed by atoms with Crippen molar-refractivity contribution in [3.05, 3.63) is 12.2 Å². The maximum atomic E-state index is 10.9. The zero-order valence-corrected chi connectivity index (χ0v) is 9.52. The average Bonchev–Trinajstić information content (AvgIpc) is 2.30. The molecule has 0 rings (SSSR count). The van der Waals surface area contributed by atoms with Crippen molar-refractivity contribution >= 4 is 17.9 Å². The van der Waals surface area contributed by atoms with Gasteiger partial charge in [-0.25, -0.2) is 9.59 Å². The minimum absolute atomic E-state index is 0.0179. The Morgan fingerprint density at radius 1 is 1.00 bits per heavy atom. The number of hydrogen-bond donors (Lipinski definition) is 0. The second kappa shape index (κ2) is 8.97. The van der Waals surface area contributed by atoms with E-state index in [2.05, 4.69) is 14.2 Å². The van der Waals surface area contributed by atoms with Crippen molar-refractivity contribution in [2.24, 2.45) is 0 Å². The molecule has 0 saturated carbocycles. The third kappa shape index (κ3) is 10.0. The van der Waals surface area contributed by atoms with Crippen LogP contribution in [0.3, 0.4) is 0 Å². The Balaban J connectivity index is 3.73. The molecule has 0 aliphatic rings. The summed E-state index contributed by atoms with van der Waals surface area (Å²) >= 11 is 0. The van der Waals surface area contributed by atoms with Crippen LogP contribution >= 0.6 is 0 Å². The summed E-state index contributed by atoms with van der Waals surface area (Å²) in [5, 5.41) is 0.